The molecule has 0 aliphatic heterocycles. The molecule has 2 rings (SSSR count). The lowest BCUT2D eigenvalue weighted by Gasteiger charge is -2.29. The Balaban J connectivity index is 2.12. The quantitative estimate of drug-likeness (QED) is 0.854. The maximum Gasteiger partial charge on any atom is 0.227 e. The van der Waals surface area contributed by atoms with Crippen molar-refractivity contribution in [1.29, 1.82) is 0 Å². The van der Waals surface area contributed by atoms with Gasteiger partial charge in [-0.3, -0.25) is 9.89 Å². The smallest absolute Gasteiger partial charge is 0.227 e. The van der Waals surface area contributed by atoms with Crippen LogP contribution in [0.5, 0.6) is 5.75 Å². The van der Waals surface area contributed by atoms with Crippen molar-refractivity contribution in [2.45, 2.75) is 52.5 Å². The summed E-state index contributed by atoms with van der Waals surface area (Å²) in [6, 6.07) is 7.89. The van der Waals surface area contributed by atoms with Crippen LogP contribution in [-0.4, -0.2) is 28.8 Å². The molecule has 1 heterocycles. The van der Waals surface area contributed by atoms with Crippen molar-refractivity contribution in [3.63, 3.8) is 0 Å². The molecular formula is C19H27N3O2. The summed E-state index contributed by atoms with van der Waals surface area (Å²) in [5, 5.41) is 10.3. The van der Waals surface area contributed by atoms with Crippen LogP contribution in [-0.2, 0) is 11.2 Å². The lowest BCUT2D eigenvalue weighted by molar-refractivity contribution is -0.123. The molecule has 2 N–H and O–H groups in total. The third-order valence-electron chi connectivity index (χ3n) is 4.30. The van der Waals surface area contributed by atoms with E-state index in [0.717, 1.165) is 28.3 Å². The van der Waals surface area contributed by atoms with E-state index in [9.17, 15) is 4.79 Å². The number of ether oxygens (including phenoxy) is 1. The first-order valence-corrected chi connectivity index (χ1v) is 8.20. The molecule has 0 aliphatic rings. The van der Waals surface area contributed by atoms with Crippen LogP contribution in [0.1, 0.15) is 49.2 Å². The van der Waals surface area contributed by atoms with Gasteiger partial charge in [-0.05, 0) is 52.7 Å². The molecule has 0 radical (unpaired) electrons. The highest BCUT2D eigenvalue weighted by Gasteiger charge is 2.28. The second-order valence-corrected chi connectivity index (χ2v) is 6.93. The average Bonchev–Trinajstić information content (AvgIpc) is 2.85. The number of H-pyrrole nitrogens is 1. The van der Waals surface area contributed by atoms with Gasteiger partial charge in [0.25, 0.3) is 0 Å². The first kappa shape index (κ1) is 18.0. The number of hydrogen-bond acceptors (Lipinski definition) is 3. The van der Waals surface area contributed by atoms with Gasteiger partial charge in [0, 0.05) is 16.8 Å². The molecule has 2 aromatic rings. The van der Waals surface area contributed by atoms with Gasteiger partial charge in [0.15, 0.2) is 0 Å². The second kappa shape index (κ2) is 7.07. The summed E-state index contributed by atoms with van der Waals surface area (Å²) >= 11 is 0. The summed E-state index contributed by atoms with van der Waals surface area (Å²) in [7, 11) is 1.66. The van der Waals surface area contributed by atoms with E-state index in [1.807, 2.05) is 58.9 Å². The predicted octanol–water partition coefficient (Wildman–Crippen LogP) is 3.28. The molecule has 0 unspecified atom stereocenters. The maximum absolute atomic E-state index is 12.7. The summed E-state index contributed by atoms with van der Waals surface area (Å²) in [6.45, 7) is 9.83. The van der Waals surface area contributed by atoms with Crippen LogP contribution in [0.3, 0.4) is 0 Å². The minimum atomic E-state index is -0.383. The molecule has 1 amide bonds. The Bertz CT molecular complexity index is 700. The number of hydrogen-bond donors (Lipinski definition) is 2. The Hall–Kier alpha value is -2.30. The summed E-state index contributed by atoms with van der Waals surface area (Å²) < 4.78 is 5.41. The van der Waals surface area contributed by atoms with E-state index in [4.69, 9.17) is 4.74 Å². The van der Waals surface area contributed by atoms with Gasteiger partial charge >= 0.3 is 0 Å². The SMILES string of the molecule is COc1ccccc1CC(C)(C)NC(=O)[C@@H](C)c1c(C)n[nH]c1C. The molecule has 0 aliphatic carbocycles. The van der Waals surface area contributed by atoms with Crippen molar-refractivity contribution in [2.75, 3.05) is 7.11 Å². The Morgan fingerprint density at radius 2 is 2.00 bits per heavy atom. The molecule has 1 atom stereocenters. The Morgan fingerprint density at radius 3 is 2.58 bits per heavy atom. The third-order valence-corrected chi connectivity index (χ3v) is 4.30. The van der Waals surface area contributed by atoms with E-state index in [-0.39, 0.29) is 17.4 Å². The van der Waals surface area contributed by atoms with Crippen molar-refractivity contribution in [2.24, 2.45) is 0 Å². The molecule has 0 saturated carbocycles. The fourth-order valence-electron chi connectivity index (χ4n) is 3.14. The van der Waals surface area contributed by atoms with Crippen molar-refractivity contribution in [1.82, 2.24) is 15.5 Å². The fourth-order valence-corrected chi connectivity index (χ4v) is 3.14. The Kier molecular flexibility index (Phi) is 5.32. The van der Waals surface area contributed by atoms with Crippen molar-refractivity contribution >= 4 is 5.91 Å². The number of methoxy groups -OCH3 is 1. The Labute approximate surface area is 143 Å². The van der Waals surface area contributed by atoms with Crippen LogP contribution in [0.15, 0.2) is 24.3 Å². The van der Waals surface area contributed by atoms with Crippen LogP contribution in [0.25, 0.3) is 0 Å². The summed E-state index contributed by atoms with van der Waals surface area (Å²) in [5.41, 5.74) is 3.48. The Morgan fingerprint density at radius 1 is 1.33 bits per heavy atom. The summed E-state index contributed by atoms with van der Waals surface area (Å²) in [4.78, 5) is 12.7. The van der Waals surface area contributed by atoms with Gasteiger partial charge in [-0.1, -0.05) is 18.2 Å². The number of carbonyl (C=O) groups is 1. The van der Waals surface area contributed by atoms with Crippen LogP contribution >= 0.6 is 0 Å². The molecule has 1 aromatic heterocycles. The first-order valence-electron chi connectivity index (χ1n) is 8.20. The lowest BCUT2D eigenvalue weighted by Crippen LogP contribution is -2.46. The number of rotatable bonds is 6. The van der Waals surface area contributed by atoms with Crippen LogP contribution in [0, 0.1) is 13.8 Å². The van der Waals surface area contributed by atoms with Crippen LogP contribution in [0.4, 0.5) is 0 Å². The van der Waals surface area contributed by atoms with E-state index in [1.54, 1.807) is 7.11 Å². The normalized spacial score (nSPS) is 12.8. The molecule has 5 heteroatoms. The maximum atomic E-state index is 12.7. The van der Waals surface area contributed by atoms with E-state index < -0.39 is 0 Å². The minimum Gasteiger partial charge on any atom is -0.496 e. The van der Waals surface area contributed by atoms with Gasteiger partial charge in [0.1, 0.15) is 5.75 Å². The molecule has 0 saturated heterocycles. The van der Waals surface area contributed by atoms with Gasteiger partial charge < -0.3 is 10.1 Å². The minimum absolute atomic E-state index is 0.00231. The van der Waals surface area contributed by atoms with E-state index in [1.165, 1.54) is 0 Å². The predicted molar refractivity (Wildman–Crippen MR) is 95.4 cm³/mol. The molecular weight excluding hydrogens is 302 g/mol. The summed E-state index contributed by atoms with van der Waals surface area (Å²) in [6.07, 6.45) is 0.693. The van der Waals surface area contributed by atoms with Crippen molar-refractivity contribution < 1.29 is 9.53 Å². The van der Waals surface area contributed by atoms with Gasteiger partial charge in [-0.15, -0.1) is 0 Å². The molecule has 0 fully saturated rings. The number of carbonyl (C=O) groups excluding carboxylic acids is 1. The van der Waals surface area contributed by atoms with Gasteiger partial charge in [-0.25, -0.2) is 0 Å². The molecule has 5 nitrogen and oxygen atoms in total. The molecule has 0 bridgehead atoms. The van der Waals surface area contributed by atoms with Crippen molar-refractivity contribution in [3.05, 3.63) is 46.8 Å². The zero-order chi connectivity index (χ0) is 17.9. The van der Waals surface area contributed by atoms with Gasteiger partial charge in [0.05, 0.1) is 18.7 Å². The van der Waals surface area contributed by atoms with Gasteiger partial charge in [-0.2, -0.15) is 5.10 Å². The number of aromatic nitrogens is 2. The fraction of sp³-hybridized carbons (Fsp3) is 0.474. The van der Waals surface area contributed by atoms with Gasteiger partial charge in [0.2, 0.25) is 5.91 Å². The molecule has 24 heavy (non-hydrogen) atoms. The van der Waals surface area contributed by atoms with E-state index >= 15 is 0 Å². The molecule has 0 spiro atoms. The number of aromatic amines is 1. The van der Waals surface area contributed by atoms with Crippen LogP contribution < -0.4 is 10.1 Å². The monoisotopic (exact) mass is 329 g/mol. The largest absolute Gasteiger partial charge is 0.496 e. The number of para-hydroxylation sites is 1. The zero-order valence-electron chi connectivity index (χ0n) is 15.4. The topological polar surface area (TPSA) is 67.0 Å². The average molecular weight is 329 g/mol. The third kappa shape index (κ3) is 3.96. The number of nitrogens with one attached hydrogen (secondary N) is 2. The van der Waals surface area contributed by atoms with E-state index in [0.29, 0.717) is 6.42 Å². The van der Waals surface area contributed by atoms with Crippen LogP contribution in [0.2, 0.25) is 0 Å². The molecule has 1 aromatic carbocycles. The highest BCUT2D eigenvalue weighted by molar-refractivity contribution is 5.84. The second-order valence-electron chi connectivity index (χ2n) is 6.93. The van der Waals surface area contributed by atoms with E-state index in [2.05, 4.69) is 15.5 Å². The number of aryl methyl sites for hydroxylation is 2. The first-order chi connectivity index (χ1) is 11.2. The number of nitrogens with zero attached hydrogens (tertiary/aromatic N) is 1. The molecule has 130 valence electrons. The zero-order valence-corrected chi connectivity index (χ0v) is 15.4. The van der Waals surface area contributed by atoms with Crippen molar-refractivity contribution in [3.8, 4) is 5.75 Å². The summed E-state index contributed by atoms with van der Waals surface area (Å²) in [5.74, 6) is 0.595. The number of amides is 1. The standard InChI is InChI=1S/C19H27N3O2/c1-12(17-13(2)21-22-14(17)3)18(23)20-19(4,5)11-15-9-7-8-10-16(15)24-6/h7-10,12H,11H2,1-6H3,(H,20,23)(H,21,22)/t12-/m0/s1. The lowest BCUT2D eigenvalue weighted by atomic mass is 9.92. The highest BCUT2D eigenvalue weighted by Crippen LogP contribution is 2.25. The number of benzene rings is 1. The highest BCUT2D eigenvalue weighted by atomic mass is 16.5.